The molecule has 1 aromatic carbocycles. The van der Waals surface area contributed by atoms with Crippen molar-refractivity contribution in [2.24, 2.45) is 5.73 Å². The molecule has 2 aromatic rings. The number of rotatable bonds is 6. The summed E-state index contributed by atoms with van der Waals surface area (Å²) < 4.78 is 21.1. The first kappa shape index (κ1) is 21.2. The van der Waals surface area contributed by atoms with E-state index in [-0.39, 0.29) is 47.0 Å². The number of aliphatic hydroxyl groups excluding tert-OH is 1. The van der Waals surface area contributed by atoms with Crippen LogP contribution in [0.4, 0.5) is 0 Å². The predicted molar refractivity (Wildman–Crippen MR) is 104 cm³/mol. The van der Waals surface area contributed by atoms with Gasteiger partial charge in [0, 0.05) is 13.2 Å². The number of carbonyl (C=O) groups is 1. The summed E-state index contributed by atoms with van der Waals surface area (Å²) in [4.78, 5) is 25.2. The molecule has 0 spiro atoms. The molecule has 1 atom stereocenters. The van der Waals surface area contributed by atoms with E-state index >= 15 is 0 Å². The number of methoxy groups -OCH3 is 1. The number of nitrogens with two attached hydrogens (primary N) is 1. The van der Waals surface area contributed by atoms with E-state index in [1.165, 1.54) is 19.2 Å². The summed E-state index contributed by atoms with van der Waals surface area (Å²) in [6.45, 7) is -0.366. The van der Waals surface area contributed by atoms with E-state index in [9.17, 15) is 14.7 Å². The Labute approximate surface area is 175 Å². The third-order valence-corrected chi connectivity index (χ3v) is 4.92. The van der Waals surface area contributed by atoms with Gasteiger partial charge in [0.05, 0.1) is 22.6 Å². The number of ether oxygens (including phenoxy) is 3. The second-order valence-electron chi connectivity index (χ2n) is 6.04. The van der Waals surface area contributed by atoms with Crippen molar-refractivity contribution in [2.45, 2.75) is 12.5 Å². The fourth-order valence-corrected chi connectivity index (χ4v) is 3.19. The third kappa shape index (κ3) is 4.25. The van der Waals surface area contributed by atoms with Gasteiger partial charge in [-0.1, -0.05) is 29.3 Å². The molecule has 1 aromatic heterocycles. The predicted octanol–water partition coefficient (Wildman–Crippen LogP) is 2.32. The van der Waals surface area contributed by atoms with Gasteiger partial charge in [0.2, 0.25) is 17.1 Å². The quantitative estimate of drug-likeness (QED) is 0.517. The van der Waals surface area contributed by atoms with Gasteiger partial charge in [0.1, 0.15) is 24.5 Å². The number of esters is 1. The zero-order valence-electron chi connectivity index (χ0n) is 15.2. The van der Waals surface area contributed by atoms with Gasteiger partial charge >= 0.3 is 5.97 Å². The molecule has 0 fully saturated rings. The summed E-state index contributed by atoms with van der Waals surface area (Å²) in [5.41, 5.74) is 5.79. The van der Waals surface area contributed by atoms with Gasteiger partial charge < -0.3 is 29.5 Å². The molecule has 2 heterocycles. The van der Waals surface area contributed by atoms with Crippen molar-refractivity contribution in [2.75, 3.05) is 20.3 Å². The Morgan fingerprint density at radius 3 is 2.66 bits per heavy atom. The minimum atomic E-state index is -0.970. The molecule has 0 saturated carbocycles. The number of hydrogen-bond donors (Lipinski definition) is 2. The van der Waals surface area contributed by atoms with Crippen LogP contribution in [-0.4, -0.2) is 31.4 Å². The molecular weight excluding hydrogens is 425 g/mol. The SMILES string of the molecule is COCCOC(=O)C1=C(N)Oc2c(oc(CO)cc2=O)[C@@H]1c1ccc(Cl)c(Cl)c1. The second-order valence-corrected chi connectivity index (χ2v) is 6.86. The van der Waals surface area contributed by atoms with Crippen molar-refractivity contribution >= 4 is 29.2 Å². The summed E-state index contributed by atoms with van der Waals surface area (Å²) >= 11 is 12.1. The lowest BCUT2D eigenvalue weighted by atomic mass is 9.86. The van der Waals surface area contributed by atoms with Crippen molar-refractivity contribution in [1.82, 2.24) is 0 Å². The van der Waals surface area contributed by atoms with E-state index in [1.807, 2.05) is 0 Å². The average molecular weight is 442 g/mol. The molecule has 1 aliphatic heterocycles. The summed E-state index contributed by atoms with van der Waals surface area (Å²) in [5.74, 6) is -2.26. The van der Waals surface area contributed by atoms with Crippen molar-refractivity contribution in [3.8, 4) is 5.75 Å². The lowest BCUT2D eigenvalue weighted by Gasteiger charge is -2.27. The maximum absolute atomic E-state index is 12.7. The van der Waals surface area contributed by atoms with E-state index < -0.39 is 23.9 Å². The monoisotopic (exact) mass is 441 g/mol. The molecule has 0 amide bonds. The average Bonchev–Trinajstić information content (AvgIpc) is 2.69. The highest BCUT2D eigenvalue weighted by Crippen LogP contribution is 2.42. The van der Waals surface area contributed by atoms with Crippen LogP contribution >= 0.6 is 23.2 Å². The highest BCUT2D eigenvalue weighted by atomic mass is 35.5. The van der Waals surface area contributed by atoms with Crippen LogP contribution < -0.4 is 15.9 Å². The molecule has 3 rings (SSSR count). The Morgan fingerprint density at radius 1 is 1.24 bits per heavy atom. The van der Waals surface area contributed by atoms with Crippen LogP contribution in [0.25, 0.3) is 0 Å². The molecule has 154 valence electrons. The molecule has 29 heavy (non-hydrogen) atoms. The highest BCUT2D eigenvalue weighted by Gasteiger charge is 2.39. The van der Waals surface area contributed by atoms with E-state index in [1.54, 1.807) is 6.07 Å². The Kier molecular flexibility index (Phi) is 6.49. The summed E-state index contributed by atoms with van der Waals surface area (Å²) in [6.07, 6.45) is 0. The first-order valence-corrected chi connectivity index (χ1v) is 9.19. The van der Waals surface area contributed by atoms with Crippen LogP contribution in [0.1, 0.15) is 23.0 Å². The van der Waals surface area contributed by atoms with Crippen molar-refractivity contribution < 1.29 is 28.5 Å². The zero-order valence-corrected chi connectivity index (χ0v) is 16.7. The van der Waals surface area contributed by atoms with Crippen molar-refractivity contribution in [3.63, 3.8) is 0 Å². The van der Waals surface area contributed by atoms with Gasteiger partial charge in [-0.05, 0) is 17.7 Å². The molecule has 8 nitrogen and oxygen atoms in total. The lowest BCUT2D eigenvalue weighted by molar-refractivity contribution is -0.140. The van der Waals surface area contributed by atoms with E-state index in [0.717, 1.165) is 6.07 Å². The number of aliphatic hydroxyl groups is 1. The van der Waals surface area contributed by atoms with E-state index in [0.29, 0.717) is 10.6 Å². The fraction of sp³-hybridized carbons (Fsp3) is 0.263. The van der Waals surface area contributed by atoms with Gasteiger partial charge in [0.15, 0.2) is 5.76 Å². The van der Waals surface area contributed by atoms with Gasteiger partial charge in [-0.25, -0.2) is 4.79 Å². The minimum Gasteiger partial charge on any atom is -0.460 e. The van der Waals surface area contributed by atoms with Crippen LogP contribution in [0.2, 0.25) is 10.0 Å². The number of benzene rings is 1. The number of hydrogen-bond acceptors (Lipinski definition) is 8. The van der Waals surface area contributed by atoms with Crippen LogP contribution in [0.15, 0.2) is 44.9 Å². The Bertz CT molecular complexity index is 1030. The summed E-state index contributed by atoms with van der Waals surface area (Å²) in [5, 5.41) is 9.94. The van der Waals surface area contributed by atoms with Crippen LogP contribution in [0.3, 0.4) is 0 Å². The van der Waals surface area contributed by atoms with Gasteiger partial charge in [-0.15, -0.1) is 0 Å². The fourth-order valence-electron chi connectivity index (χ4n) is 2.88. The highest BCUT2D eigenvalue weighted by molar-refractivity contribution is 6.42. The molecule has 0 bridgehead atoms. The first-order chi connectivity index (χ1) is 13.9. The summed E-state index contributed by atoms with van der Waals surface area (Å²) in [7, 11) is 1.46. The normalized spacial score (nSPS) is 15.7. The first-order valence-electron chi connectivity index (χ1n) is 8.43. The molecule has 0 aliphatic carbocycles. The number of carbonyl (C=O) groups excluding carboxylic acids is 1. The molecule has 0 unspecified atom stereocenters. The Balaban J connectivity index is 2.18. The van der Waals surface area contributed by atoms with Gasteiger partial charge in [-0.3, -0.25) is 4.79 Å². The molecule has 10 heteroatoms. The molecule has 1 aliphatic rings. The zero-order chi connectivity index (χ0) is 21.1. The third-order valence-electron chi connectivity index (χ3n) is 4.18. The Morgan fingerprint density at radius 2 is 2.00 bits per heavy atom. The lowest BCUT2D eigenvalue weighted by Crippen LogP contribution is -2.30. The standard InChI is InChI=1S/C19H17Cl2NO7/c1-26-4-5-27-19(25)15-14(9-2-3-11(20)12(21)6-9)17-16(29-18(15)22)13(24)7-10(8-23)28-17/h2-3,6-7,14,23H,4-5,8,22H2,1H3/t14-/m1/s1. The maximum atomic E-state index is 12.7. The summed E-state index contributed by atoms with van der Waals surface area (Å²) in [6, 6.07) is 5.74. The van der Waals surface area contributed by atoms with E-state index in [4.69, 9.17) is 47.6 Å². The van der Waals surface area contributed by atoms with Crippen molar-refractivity contribution in [3.05, 3.63) is 73.1 Å². The smallest absolute Gasteiger partial charge is 0.340 e. The topological polar surface area (TPSA) is 121 Å². The van der Waals surface area contributed by atoms with Crippen molar-refractivity contribution in [1.29, 1.82) is 0 Å². The van der Waals surface area contributed by atoms with Gasteiger partial charge in [-0.2, -0.15) is 0 Å². The van der Waals surface area contributed by atoms with Crippen LogP contribution in [-0.2, 0) is 20.9 Å². The molecular formula is C19H17Cl2NO7. The van der Waals surface area contributed by atoms with Crippen LogP contribution in [0.5, 0.6) is 5.75 Å². The van der Waals surface area contributed by atoms with Gasteiger partial charge in [0.25, 0.3) is 0 Å². The minimum absolute atomic E-state index is 0.00465. The molecule has 0 radical (unpaired) electrons. The molecule has 0 saturated heterocycles. The maximum Gasteiger partial charge on any atom is 0.340 e. The largest absolute Gasteiger partial charge is 0.460 e. The molecule has 3 N–H and O–H groups in total. The number of halogens is 2. The second kappa shape index (κ2) is 8.87. The number of fused-ring (bicyclic) bond motifs is 1. The van der Waals surface area contributed by atoms with Crippen LogP contribution in [0, 0.1) is 0 Å². The van der Waals surface area contributed by atoms with E-state index in [2.05, 4.69) is 0 Å². The Hall–Kier alpha value is -2.52.